The van der Waals surface area contributed by atoms with E-state index in [1.807, 2.05) is 24.3 Å². The van der Waals surface area contributed by atoms with Crippen molar-refractivity contribution in [3.63, 3.8) is 0 Å². The Kier molecular flexibility index (Phi) is 4.54. The number of aromatic hydroxyl groups is 2. The Morgan fingerprint density at radius 1 is 0.560 bits per heavy atom. The van der Waals surface area contributed by atoms with Crippen molar-refractivity contribution in [3.8, 4) is 11.5 Å². The van der Waals surface area contributed by atoms with Gasteiger partial charge >= 0.3 is 0 Å². The predicted molar refractivity (Wildman–Crippen MR) is 102 cm³/mol. The van der Waals surface area contributed by atoms with Gasteiger partial charge in [-0.05, 0) is 51.9 Å². The molecule has 0 radical (unpaired) electrons. The molecule has 2 heteroatoms. The van der Waals surface area contributed by atoms with Gasteiger partial charge in [-0.15, -0.1) is 0 Å². The van der Waals surface area contributed by atoms with Crippen molar-refractivity contribution >= 4 is 0 Å². The van der Waals surface area contributed by atoms with Crippen LogP contribution in [0.25, 0.3) is 0 Å². The smallest absolute Gasteiger partial charge is 0.115 e. The SMILES string of the molecule is CC(C)(C)c1ccc(C(c2ccc(O)cc2)c2ccc(O)cc2)cc1. The summed E-state index contributed by atoms with van der Waals surface area (Å²) in [5, 5.41) is 19.2. The second-order valence-electron chi connectivity index (χ2n) is 7.49. The first-order valence-electron chi connectivity index (χ1n) is 8.53. The molecule has 0 atom stereocenters. The number of rotatable bonds is 3. The average molecular weight is 332 g/mol. The molecular weight excluding hydrogens is 308 g/mol. The van der Waals surface area contributed by atoms with E-state index in [1.165, 1.54) is 11.1 Å². The van der Waals surface area contributed by atoms with E-state index in [2.05, 4.69) is 45.0 Å². The van der Waals surface area contributed by atoms with Gasteiger partial charge in [-0.2, -0.15) is 0 Å². The molecule has 0 aliphatic heterocycles. The molecule has 2 nitrogen and oxygen atoms in total. The summed E-state index contributed by atoms with van der Waals surface area (Å²) in [6, 6.07) is 23.4. The topological polar surface area (TPSA) is 40.5 Å². The monoisotopic (exact) mass is 332 g/mol. The van der Waals surface area contributed by atoms with Gasteiger partial charge in [-0.1, -0.05) is 69.3 Å². The first-order valence-corrected chi connectivity index (χ1v) is 8.53. The van der Waals surface area contributed by atoms with Crippen LogP contribution in [0.4, 0.5) is 0 Å². The van der Waals surface area contributed by atoms with E-state index >= 15 is 0 Å². The molecule has 3 aromatic rings. The average Bonchev–Trinajstić information content (AvgIpc) is 2.58. The summed E-state index contributed by atoms with van der Waals surface area (Å²) in [6.07, 6.45) is 0. The lowest BCUT2D eigenvalue weighted by Gasteiger charge is -2.22. The third kappa shape index (κ3) is 3.85. The summed E-state index contributed by atoms with van der Waals surface area (Å²) in [6.45, 7) is 6.62. The van der Waals surface area contributed by atoms with Crippen LogP contribution in [-0.4, -0.2) is 10.2 Å². The lowest BCUT2D eigenvalue weighted by molar-refractivity contribution is 0.475. The van der Waals surface area contributed by atoms with Gasteiger partial charge in [0.1, 0.15) is 11.5 Å². The maximum atomic E-state index is 9.61. The molecule has 0 unspecified atom stereocenters. The summed E-state index contributed by atoms with van der Waals surface area (Å²) in [4.78, 5) is 0. The molecule has 0 aliphatic rings. The summed E-state index contributed by atoms with van der Waals surface area (Å²) >= 11 is 0. The molecule has 0 saturated heterocycles. The minimum absolute atomic E-state index is 0.0511. The van der Waals surface area contributed by atoms with Crippen LogP contribution in [0.15, 0.2) is 72.8 Å². The molecule has 0 saturated carbocycles. The molecule has 3 aromatic carbocycles. The van der Waals surface area contributed by atoms with Crippen molar-refractivity contribution in [1.82, 2.24) is 0 Å². The van der Waals surface area contributed by atoms with Crippen LogP contribution in [0.3, 0.4) is 0 Å². The van der Waals surface area contributed by atoms with Crippen LogP contribution in [0, 0.1) is 0 Å². The van der Waals surface area contributed by atoms with Gasteiger partial charge < -0.3 is 10.2 Å². The molecule has 0 fully saturated rings. The highest BCUT2D eigenvalue weighted by molar-refractivity contribution is 5.46. The molecule has 0 heterocycles. The van der Waals surface area contributed by atoms with Crippen LogP contribution in [-0.2, 0) is 5.41 Å². The van der Waals surface area contributed by atoms with Gasteiger partial charge in [-0.3, -0.25) is 0 Å². The minimum atomic E-state index is 0.0511. The summed E-state index contributed by atoms with van der Waals surface area (Å²) < 4.78 is 0. The Morgan fingerprint density at radius 3 is 1.20 bits per heavy atom. The van der Waals surface area contributed by atoms with Gasteiger partial charge in [0, 0.05) is 5.92 Å². The standard InChI is InChI=1S/C23H24O2/c1-23(2,3)19-10-4-16(5-11-19)22(17-6-12-20(24)13-7-17)18-8-14-21(25)15-9-18/h4-15,22,24-25H,1-3H3. The number of hydrogen-bond acceptors (Lipinski definition) is 2. The van der Waals surface area contributed by atoms with Crippen LogP contribution >= 0.6 is 0 Å². The van der Waals surface area contributed by atoms with Gasteiger partial charge in [0.05, 0.1) is 0 Å². The zero-order chi connectivity index (χ0) is 18.0. The van der Waals surface area contributed by atoms with E-state index < -0.39 is 0 Å². The maximum Gasteiger partial charge on any atom is 0.115 e. The van der Waals surface area contributed by atoms with Gasteiger partial charge in [0.25, 0.3) is 0 Å². The Morgan fingerprint density at radius 2 is 0.880 bits per heavy atom. The quantitative estimate of drug-likeness (QED) is 0.615. The first kappa shape index (κ1) is 17.1. The summed E-state index contributed by atoms with van der Waals surface area (Å²) in [5.41, 5.74) is 4.81. The third-order valence-electron chi connectivity index (χ3n) is 4.56. The highest BCUT2D eigenvalue weighted by Gasteiger charge is 2.19. The van der Waals surface area contributed by atoms with Crippen molar-refractivity contribution in [2.24, 2.45) is 0 Å². The number of hydrogen-bond donors (Lipinski definition) is 2. The molecule has 0 amide bonds. The molecule has 0 aromatic heterocycles. The number of phenolic OH excluding ortho intramolecular Hbond substituents is 2. The molecule has 0 aliphatic carbocycles. The Labute approximate surface area is 149 Å². The molecule has 25 heavy (non-hydrogen) atoms. The van der Waals surface area contributed by atoms with Crippen LogP contribution in [0.5, 0.6) is 11.5 Å². The molecule has 0 spiro atoms. The molecular formula is C23H24O2. The molecule has 0 bridgehead atoms. The summed E-state index contributed by atoms with van der Waals surface area (Å²) in [7, 11) is 0. The maximum absolute atomic E-state index is 9.61. The van der Waals surface area contributed by atoms with Gasteiger partial charge in [-0.25, -0.2) is 0 Å². The Balaban J connectivity index is 2.07. The highest BCUT2D eigenvalue weighted by Crippen LogP contribution is 2.34. The van der Waals surface area contributed by atoms with Crippen LogP contribution in [0.1, 0.15) is 48.9 Å². The molecule has 2 N–H and O–H groups in total. The van der Waals surface area contributed by atoms with E-state index in [0.717, 1.165) is 11.1 Å². The molecule has 3 rings (SSSR count). The Bertz CT molecular complexity index is 778. The van der Waals surface area contributed by atoms with E-state index in [4.69, 9.17) is 0 Å². The first-order chi connectivity index (χ1) is 11.8. The largest absolute Gasteiger partial charge is 0.508 e. The predicted octanol–water partition coefficient (Wildman–Crippen LogP) is 5.58. The second-order valence-corrected chi connectivity index (χ2v) is 7.49. The minimum Gasteiger partial charge on any atom is -0.508 e. The number of benzene rings is 3. The zero-order valence-corrected chi connectivity index (χ0v) is 14.9. The van der Waals surface area contributed by atoms with Crippen molar-refractivity contribution in [2.75, 3.05) is 0 Å². The summed E-state index contributed by atoms with van der Waals surface area (Å²) in [5.74, 6) is 0.572. The number of phenols is 2. The fourth-order valence-electron chi connectivity index (χ4n) is 3.09. The Hall–Kier alpha value is -2.74. The van der Waals surface area contributed by atoms with Crippen LogP contribution < -0.4 is 0 Å². The van der Waals surface area contributed by atoms with Crippen molar-refractivity contribution in [2.45, 2.75) is 32.1 Å². The van der Waals surface area contributed by atoms with E-state index in [9.17, 15) is 10.2 Å². The zero-order valence-electron chi connectivity index (χ0n) is 14.9. The van der Waals surface area contributed by atoms with E-state index in [1.54, 1.807) is 24.3 Å². The van der Waals surface area contributed by atoms with Crippen molar-refractivity contribution in [3.05, 3.63) is 95.1 Å². The normalized spacial score (nSPS) is 11.7. The van der Waals surface area contributed by atoms with Crippen LogP contribution in [0.2, 0.25) is 0 Å². The fourth-order valence-corrected chi connectivity index (χ4v) is 3.09. The third-order valence-corrected chi connectivity index (χ3v) is 4.56. The van der Waals surface area contributed by atoms with Gasteiger partial charge in [0.15, 0.2) is 0 Å². The highest BCUT2D eigenvalue weighted by atomic mass is 16.3. The van der Waals surface area contributed by atoms with E-state index in [0.29, 0.717) is 0 Å². The van der Waals surface area contributed by atoms with E-state index in [-0.39, 0.29) is 22.8 Å². The van der Waals surface area contributed by atoms with Crippen molar-refractivity contribution < 1.29 is 10.2 Å². The lowest BCUT2D eigenvalue weighted by Crippen LogP contribution is -2.11. The fraction of sp³-hybridized carbons (Fsp3) is 0.217. The lowest BCUT2D eigenvalue weighted by atomic mass is 9.82. The van der Waals surface area contributed by atoms with Crippen molar-refractivity contribution in [1.29, 1.82) is 0 Å². The molecule has 128 valence electrons. The van der Waals surface area contributed by atoms with Gasteiger partial charge in [0.2, 0.25) is 0 Å². The second kappa shape index (κ2) is 6.64.